The molecule has 0 saturated carbocycles. The number of rotatable bonds is 4. The third-order valence-electron chi connectivity index (χ3n) is 2.32. The number of aryl methyl sites for hydroxylation is 1. The number of anilines is 1. The van der Waals surface area contributed by atoms with Crippen LogP contribution in [0.2, 0.25) is 0 Å². The van der Waals surface area contributed by atoms with Crippen LogP contribution in [0.1, 0.15) is 12.1 Å². The first-order chi connectivity index (χ1) is 8.66. The Morgan fingerprint density at radius 2 is 2.06 bits per heavy atom. The smallest absolute Gasteiger partial charge is 0.224 e. The van der Waals surface area contributed by atoms with E-state index in [0.29, 0.717) is 6.42 Å². The fourth-order valence-electron chi connectivity index (χ4n) is 1.42. The zero-order valence-corrected chi connectivity index (χ0v) is 10.1. The molecule has 0 saturated heterocycles. The molecule has 2 aromatic rings. The molecule has 0 aliphatic carbocycles. The van der Waals surface area contributed by atoms with Gasteiger partial charge in [-0.1, -0.05) is 6.07 Å². The van der Waals surface area contributed by atoms with E-state index >= 15 is 0 Å². The lowest BCUT2D eigenvalue weighted by Crippen LogP contribution is -2.14. The van der Waals surface area contributed by atoms with E-state index in [2.05, 4.69) is 10.3 Å². The maximum Gasteiger partial charge on any atom is 0.224 e. The Labute approximate surface area is 106 Å². The molecule has 6 heteroatoms. The summed E-state index contributed by atoms with van der Waals surface area (Å²) in [5.41, 5.74) is 2.06. The van der Waals surface area contributed by atoms with Gasteiger partial charge in [-0.2, -0.15) is 0 Å². The van der Waals surface area contributed by atoms with Gasteiger partial charge < -0.3 is 5.32 Å². The molecule has 0 spiro atoms. The molecule has 0 radical (unpaired) electrons. The SMILES string of the molecule is O=C(CCc1cscn1)Nc1c(F)cccc1F. The second-order valence-electron chi connectivity index (χ2n) is 3.62. The van der Waals surface area contributed by atoms with E-state index in [9.17, 15) is 13.6 Å². The molecule has 0 aliphatic heterocycles. The predicted molar refractivity (Wildman–Crippen MR) is 65.4 cm³/mol. The summed E-state index contributed by atoms with van der Waals surface area (Å²) in [6, 6.07) is 3.44. The summed E-state index contributed by atoms with van der Waals surface area (Å²) in [4.78, 5) is 15.6. The highest BCUT2D eigenvalue weighted by Crippen LogP contribution is 2.18. The molecule has 1 heterocycles. The molecule has 18 heavy (non-hydrogen) atoms. The van der Waals surface area contributed by atoms with Crippen LogP contribution >= 0.6 is 11.3 Å². The standard InChI is InChI=1S/C12H10F2N2OS/c13-9-2-1-3-10(14)12(9)16-11(17)5-4-8-6-18-7-15-8/h1-3,6-7H,4-5H2,(H,16,17). The average molecular weight is 268 g/mol. The second kappa shape index (κ2) is 5.68. The van der Waals surface area contributed by atoms with E-state index < -0.39 is 23.2 Å². The zero-order valence-electron chi connectivity index (χ0n) is 9.32. The van der Waals surface area contributed by atoms with Gasteiger partial charge in [0.05, 0.1) is 11.2 Å². The monoisotopic (exact) mass is 268 g/mol. The lowest BCUT2D eigenvalue weighted by molar-refractivity contribution is -0.116. The number of hydrogen-bond donors (Lipinski definition) is 1. The molecular formula is C12H10F2N2OS. The molecule has 0 bridgehead atoms. The van der Waals surface area contributed by atoms with Crippen molar-refractivity contribution in [2.45, 2.75) is 12.8 Å². The van der Waals surface area contributed by atoms with Crippen LogP contribution in [-0.4, -0.2) is 10.9 Å². The van der Waals surface area contributed by atoms with Crippen molar-refractivity contribution in [3.63, 3.8) is 0 Å². The molecule has 1 aromatic heterocycles. The number of aromatic nitrogens is 1. The van der Waals surface area contributed by atoms with Crippen molar-refractivity contribution < 1.29 is 13.6 Å². The Kier molecular flexibility index (Phi) is 3.99. The van der Waals surface area contributed by atoms with E-state index in [4.69, 9.17) is 0 Å². The number of nitrogens with one attached hydrogen (secondary N) is 1. The van der Waals surface area contributed by atoms with E-state index in [1.54, 1.807) is 5.51 Å². The van der Waals surface area contributed by atoms with Gasteiger partial charge in [-0.05, 0) is 18.6 Å². The molecule has 0 unspecified atom stereocenters. The first-order valence-electron chi connectivity index (χ1n) is 5.28. The van der Waals surface area contributed by atoms with Crippen molar-refractivity contribution in [3.8, 4) is 0 Å². The van der Waals surface area contributed by atoms with Gasteiger partial charge in [0.1, 0.15) is 17.3 Å². The molecule has 0 aliphatic rings. The van der Waals surface area contributed by atoms with Crippen LogP contribution in [0.4, 0.5) is 14.5 Å². The molecule has 2 rings (SSSR count). The Bertz CT molecular complexity index is 523. The summed E-state index contributed by atoms with van der Waals surface area (Å²) < 4.78 is 26.5. The summed E-state index contributed by atoms with van der Waals surface area (Å²) in [7, 11) is 0. The number of carbonyl (C=O) groups is 1. The van der Waals surface area contributed by atoms with Crippen molar-refractivity contribution in [1.29, 1.82) is 0 Å². The topological polar surface area (TPSA) is 42.0 Å². The number of nitrogens with zero attached hydrogens (tertiary/aromatic N) is 1. The summed E-state index contributed by atoms with van der Waals surface area (Å²) in [6.07, 6.45) is 0.586. The highest BCUT2D eigenvalue weighted by atomic mass is 32.1. The van der Waals surface area contributed by atoms with Crippen molar-refractivity contribution >= 4 is 22.9 Å². The van der Waals surface area contributed by atoms with Crippen molar-refractivity contribution in [1.82, 2.24) is 4.98 Å². The maximum atomic E-state index is 13.3. The van der Waals surface area contributed by atoms with Crippen LogP contribution < -0.4 is 5.32 Å². The molecule has 1 N–H and O–H groups in total. The van der Waals surface area contributed by atoms with Gasteiger partial charge in [0.25, 0.3) is 0 Å². The first-order valence-corrected chi connectivity index (χ1v) is 6.22. The highest BCUT2D eigenvalue weighted by Gasteiger charge is 2.11. The number of hydrogen-bond acceptors (Lipinski definition) is 3. The normalized spacial score (nSPS) is 10.3. The number of benzene rings is 1. The van der Waals surface area contributed by atoms with Crippen molar-refractivity contribution in [3.05, 3.63) is 46.4 Å². The van der Waals surface area contributed by atoms with E-state index in [1.807, 2.05) is 5.38 Å². The third kappa shape index (κ3) is 3.10. The van der Waals surface area contributed by atoms with Crippen LogP contribution in [-0.2, 0) is 11.2 Å². The number of carbonyl (C=O) groups excluding carboxylic acids is 1. The quantitative estimate of drug-likeness (QED) is 0.926. The molecule has 94 valence electrons. The van der Waals surface area contributed by atoms with E-state index in [-0.39, 0.29) is 6.42 Å². The summed E-state index contributed by atoms with van der Waals surface area (Å²) in [5, 5.41) is 4.06. The third-order valence-corrected chi connectivity index (χ3v) is 2.95. The van der Waals surface area contributed by atoms with Crippen LogP contribution in [0.25, 0.3) is 0 Å². The fourth-order valence-corrected chi connectivity index (χ4v) is 2.01. The number of amides is 1. The summed E-state index contributed by atoms with van der Waals surface area (Å²) >= 11 is 1.44. The number of thiazole rings is 1. The predicted octanol–water partition coefficient (Wildman–Crippen LogP) is 2.99. The minimum atomic E-state index is -0.781. The molecule has 0 atom stereocenters. The van der Waals surface area contributed by atoms with E-state index in [0.717, 1.165) is 17.8 Å². The minimum absolute atomic E-state index is 0.136. The molecular weight excluding hydrogens is 258 g/mol. The van der Waals surface area contributed by atoms with Crippen LogP contribution in [0, 0.1) is 11.6 Å². The number of halogens is 2. The first kappa shape index (κ1) is 12.6. The molecule has 1 amide bonds. The largest absolute Gasteiger partial charge is 0.321 e. The van der Waals surface area contributed by atoms with Gasteiger partial charge in [0.15, 0.2) is 0 Å². The Morgan fingerprint density at radius 3 is 2.67 bits per heavy atom. The molecule has 1 aromatic carbocycles. The highest BCUT2D eigenvalue weighted by molar-refractivity contribution is 7.07. The van der Waals surface area contributed by atoms with Gasteiger partial charge in [-0.3, -0.25) is 4.79 Å². The van der Waals surface area contributed by atoms with Crippen LogP contribution in [0.5, 0.6) is 0 Å². The van der Waals surface area contributed by atoms with Gasteiger partial charge in [-0.25, -0.2) is 13.8 Å². The molecule has 0 fully saturated rings. The van der Waals surface area contributed by atoms with Crippen molar-refractivity contribution in [2.24, 2.45) is 0 Å². The molecule has 3 nitrogen and oxygen atoms in total. The lowest BCUT2D eigenvalue weighted by Gasteiger charge is -2.06. The van der Waals surface area contributed by atoms with Gasteiger partial charge in [-0.15, -0.1) is 11.3 Å². The lowest BCUT2D eigenvalue weighted by atomic mass is 10.2. The van der Waals surface area contributed by atoms with E-state index in [1.165, 1.54) is 17.4 Å². The second-order valence-corrected chi connectivity index (χ2v) is 4.34. The number of para-hydroxylation sites is 1. The van der Waals surface area contributed by atoms with Gasteiger partial charge >= 0.3 is 0 Å². The average Bonchev–Trinajstić information content (AvgIpc) is 2.84. The van der Waals surface area contributed by atoms with Gasteiger partial charge in [0, 0.05) is 11.8 Å². The van der Waals surface area contributed by atoms with Gasteiger partial charge in [0.2, 0.25) is 5.91 Å². The fraction of sp³-hybridized carbons (Fsp3) is 0.167. The Morgan fingerprint density at radius 1 is 1.33 bits per heavy atom. The van der Waals surface area contributed by atoms with Crippen LogP contribution in [0.3, 0.4) is 0 Å². The maximum absolute atomic E-state index is 13.3. The summed E-state index contributed by atoms with van der Waals surface area (Å²) in [5.74, 6) is -2.00. The summed E-state index contributed by atoms with van der Waals surface area (Å²) in [6.45, 7) is 0. The van der Waals surface area contributed by atoms with Crippen LogP contribution in [0.15, 0.2) is 29.1 Å². The van der Waals surface area contributed by atoms with Crippen molar-refractivity contribution in [2.75, 3.05) is 5.32 Å². The Balaban J connectivity index is 1.95. The minimum Gasteiger partial charge on any atom is -0.321 e. The zero-order chi connectivity index (χ0) is 13.0. The Hall–Kier alpha value is -1.82.